The number of hydrogen-bond acceptors (Lipinski definition) is 1. The minimum Gasteiger partial charge on any atom is -0.326 e. The molecule has 0 bridgehead atoms. The Morgan fingerprint density at radius 2 is 1.86 bits per heavy atom. The van der Waals surface area contributed by atoms with Gasteiger partial charge in [0.25, 0.3) is 5.91 Å². The zero-order valence-electron chi connectivity index (χ0n) is 12.0. The summed E-state index contributed by atoms with van der Waals surface area (Å²) in [4.78, 5) is 12.9. The van der Waals surface area contributed by atoms with Crippen LogP contribution in [0.25, 0.3) is 0 Å². The van der Waals surface area contributed by atoms with Crippen molar-refractivity contribution in [2.75, 3.05) is 18.9 Å². The Hall–Kier alpha value is -1.62. The summed E-state index contributed by atoms with van der Waals surface area (Å²) in [7, 11) is 1.90. The third-order valence-electron chi connectivity index (χ3n) is 3.10. The maximum Gasteiger partial charge on any atom is 0.279 e. The quantitative estimate of drug-likeness (QED) is 0.861. The highest BCUT2D eigenvalue weighted by Crippen LogP contribution is 2.20. The average Bonchev–Trinajstić information content (AvgIpc) is 2.44. The second kappa shape index (κ2) is 7.58. The highest BCUT2D eigenvalue weighted by molar-refractivity contribution is 6.35. The number of amides is 1. The van der Waals surface area contributed by atoms with Gasteiger partial charge in [-0.05, 0) is 36.4 Å². The van der Waals surface area contributed by atoms with E-state index in [-0.39, 0.29) is 18.3 Å². The molecular formula is C16H16Cl2FN2O+. The fourth-order valence-corrected chi connectivity index (χ4v) is 2.54. The molecule has 0 radical (unpaired) electrons. The maximum atomic E-state index is 12.8. The molecule has 6 heteroatoms. The monoisotopic (exact) mass is 341 g/mol. The molecule has 116 valence electrons. The molecule has 0 aliphatic carbocycles. The van der Waals surface area contributed by atoms with Gasteiger partial charge in [-0.1, -0.05) is 29.3 Å². The molecule has 0 aliphatic heterocycles. The highest BCUT2D eigenvalue weighted by Gasteiger charge is 2.13. The van der Waals surface area contributed by atoms with Crippen molar-refractivity contribution in [1.29, 1.82) is 0 Å². The largest absolute Gasteiger partial charge is 0.326 e. The summed E-state index contributed by atoms with van der Waals surface area (Å²) in [6.07, 6.45) is 0. The smallest absolute Gasteiger partial charge is 0.279 e. The Balaban J connectivity index is 1.89. The molecule has 0 aromatic heterocycles. The molecular weight excluding hydrogens is 326 g/mol. The van der Waals surface area contributed by atoms with Gasteiger partial charge in [0.15, 0.2) is 6.54 Å². The number of benzene rings is 2. The summed E-state index contributed by atoms with van der Waals surface area (Å²) in [6.45, 7) is 0.878. The summed E-state index contributed by atoms with van der Waals surface area (Å²) in [5.74, 6) is -0.479. The van der Waals surface area contributed by atoms with Crippen molar-refractivity contribution in [3.05, 3.63) is 63.9 Å². The lowest BCUT2D eigenvalue weighted by molar-refractivity contribution is -0.885. The zero-order chi connectivity index (χ0) is 16.1. The maximum absolute atomic E-state index is 12.8. The molecule has 1 atom stereocenters. The molecule has 0 saturated heterocycles. The lowest BCUT2D eigenvalue weighted by Gasteiger charge is -2.15. The van der Waals surface area contributed by atoms with Gasteiger partial charge in [-0.25, -0.2) is 4.39 Å². The molecule has 1 unspecified atom stereocenters. The zero-order valence-corrected chi connectivity index (χ0v) is 13.5. The van der Waals surface area contributed by atoms with Crippen LogP contribution in [0.1, 0.15) is 5.56 Å². The number of nitrogens with one attached hydrogen (secondary N) is 2. The van der Waals surface area contributed by atoms with E-state index in [0.717, 1.165) is 10.5 Å². The van der Waals surface area contributed by atoms with Crippen LogP contribution in [0.2, 0.25) is 10.0 Å². The van der Waals surface area contributed by atoms with Gasteiger partial charge in [0, 0.05) is 16.3 Å². The summed E-state index contributed by atoms with van der Waals surface area (Å²) >= 11 is 12.0. The van der Waals surface area contributed by atoms with Gasteiger partial charge in [-0.15, -0.1) is 0 Å². The van der Waals surface area contributed by atoms with Gasteiger partial charge in [0.05, 0.1) is 12.1 Å². The van der Waals surface area contributed by atoms with Crippen molar-refractivity contribution >= 4 is 34.8 Å². The number of quaternary nitrogens is 1. The van der Waals surface area contributed by atoms with Crippen LogP contribution in [0.5, 0.6) is 0 Å². The molecule has 1 amide bonds. The predicted molar refractivity (Wildman–Crippen MR) is 86.9 cm³/mol. The van der Waals surface area contributed by atoms with Gasteiger partial charge in [0.1, 0.15) is 12.4 Å². The van der Waals surface area contributed by atoms with E-state index in [1.54, 1.807) is 12.1 Å². The number of carbonyl (C=O) groups excluding carboxylic acids is 1. The topological polar surface area (TPSA) is 33.5 Å². The molecule has 0 heterocycles. The van der Waals surface area contributed by atoms with E-state index in [0.29, 0.717) is 22.3 Å². The Morgan fingerprint density at radius 1 is 1.18 bits per heavy atom. The SMILES string of the molecule is C[NH+](CC(=O)Nc1ccc(F)cc1)Cc1ccc(Cl)cc1Cl. The van der Waals surface area contributed by atoms with E-state index in [2.05, 4.69) is 5.32 Å². The first-order valence-corrected chi connectivity index (χ1v) is 7.50. The molecule has 0 saturated carbocycles. The first-order valence-electron chi connectivity index (χ1n) is 6.74. The molecule has 2 rings (SSSR count). The molecule has 0 spiro atoms. The number of anilines is 1. The Morgan fingerprint density at radius 3 is 2.50 bits per heavy atom. The van der Waals surface area contributed by atoms with Gasteiger partial charge in [-0.3, -0.25) is 4.79 Å². The van der Waals surface area contributed by atoms with Crippen molar-refractivity contribution in [3.8, 4) is 0 Å². The normalized spacial score (nSPS) is 12.0. The molecule has 22 heavy (non-hydrogen) atoms. The second-order valence-electron chi connectivity index (χ2n) is 5.10. The van der Waals surface area contributed by atoms with Crippen LogP contribution in [0.15, 0.2) is 42.5 Å². The Bertz CT molecular complexity index is 662. The van der Waals surface area contributed by atoms with Crippen LogP contribution in [0.4, 0.5) is 10.1 Å². The van der Waals surface area contributed by atoms with Gasteiger partial charge < -0.3 is 10.2 Å². The van der Waals surface area contributed by atoms with Crippen molar-refractivity contribution in [2.24, 2.45) is 0 Å². The number of likely N-dealkylation sites (N-methyl/N-ethyl adjacent to an activating group) is 1. The predicted octanol–water partition coefficient (Wildman–Crippen LogP) is 2.79. The van der Waals surface area contributed by atoms with Crippen LogP contribution >= 0.6 is 23.2 Å². The van der Waals surface area contributed by atoms with Crippen molar-refractivity contribution in [1.82, 2.24) is 0 Å². The Kier molecular flexibility index (Phi) is 5.77. The van der Waals surface area contributed by atoms with E-state index < -0.39 is 0 Å². The third kappa shape index (κ3) is 4.98. The molecule has 2 N–H and O–H groups in total. The fourth-order valence-electron chi connectivity index (χ4n) is 2.07. The van der Waals surface area contributed by atoms with Gasteiger partial charge in [-0.2, -0.15) is 0 Å². The van der Waals surface area contributed by atoms with Crippen LogP contribution in [0.3, 0.4) is 0 Å². The highest BCUT2D eigenvalue weighted by atomic mass is 35.5. The first kappa shape index (κ1) is 16.7. The Labute approximate surface area is 138 Å². The molecule has 2 aromatic rings. The minimum atomic E-state index is -0.335. The average molecular weight is 342 g/mol. The van der Waals surface area contributed by atoms with E-state index in [1.165, 1.54) is 24.3 Å². The van der Waals surface area contributed by atoms with Gasteiger partial charge >= 0.3 is 0 Å². The summed E-state index contributed by atoms with van der Waals surface area (Å²) in [6, 6.07) is 11.0. The molecule has 2 aromatic carbocycles. The van der Waals surface area contributed by atoms with Crippen LogP contribution in [-0.4, -0.2) is 19.5 Å². The first-order chi connectivity index (χ1) is 10.4. The van der Waals surface area contributed by atoms with E-state index >= 15 is 0 Å². The van der Waals surface area contributed by atoms with Crippen molar-refractivity contribution in [2.45, 2.75) is 6.54 Å². The lowest BCUT2D eigenvalue weighted by atomic mass is 10.2. The standard InChI is InChI=1S/C16H15Cl2FN2O/c1-21(9-11-2-3-12(17)8-15(11)18)10-16(22)20-14-6-4-13(19)5-7-14/h2-8H,9-10H2,1H3,(H,20,22)/p+1. The van der Waals surface area contributed by atoms with Crippen LogP contribution in [-0.2, 0) is 11.3 Å². The summed E-state index contributed by atoms with van der Waals surface area (Å²) in [5, 5.41) is 3.90. The van der Waals surface area contributed by atoms with E-state index in [4.69, 9.17) is 23.2 Å². The van der Waals surface area contributed by atoms with Crippen molar-refractivity contribution < 1.29 is 14.1 Å². The van der Waals surface area contributed by atoms with Crippen LogP contribution in [0, 0.1) is 5.82 Å². The number of hydrogen-bond donors (Lipinski definition) is 2. The second-order valence-corrected chi connectivity index (χ2v) is 5.95. The fraction of sp³-hybridized carbons (Fsp3) is 0.188. The summed E-state index contributed by atoms with van der Waals surface area (Å²) < 4.78 is 12.8. The number of rotatable bonds is 5. The van der Waals surface area contributed by atoms with E-state index in [1.807, 2.05) is 13.1 Å². The van der Waals surface area contributed by atoms with Crippen LogP contribution < -0.4 is 10.2 Å². The minimum absolute atomic E-state index is 0.144. The van der Waals surface area contributed by atoms with Crippen molar-refractivity contribution in [3.63, 3.8) is 0 Å². The molecule has 0 aliphatic rings. The molecule has 3 nitrogen and oxygen atoms in total. The molecule has 0 fully saturated rings. The lowest BCUT2D eigenvalue weighted by Crippen LogP contribution is -3.08. The van der Waals surface area contributed by atoms with Gasteiger partial charge in [0.2, 0.25) is 0 Å². The van der Waals surface area contributed by atoms with E-state index in [9.17, 15) is 9.18 Å². The summed E-state index contributed by atoms with van der Waals surface area (Å²) in [5.41, 5.74) is 1.50. The number of halogens is 3. The number of carbonyl (C=O) groups is 1. The third-order valence-corrected chi connectivity index (χ3v) is 3.68.